The van der Waals surface area contributed by atoms with E-state index in [2.05, 4.69) is 56.1 Å². The Hall–Kier alpha value is -1.84. The zero-order valence-electron chi connectivity index (χ0n) is 12.1. The minimum absolute atomic E-state index is 0.297. The molecule has 0 heterocycles. The van der Waals surface area contributed by atoms with Gasteiger partial charge in [0.2, 0.25) is 0 Å². The van der Waals surface area contributed by atoms with Crippen LogP contribution in [0.4, 0.5) is 0 Å². The number of rotatable bonds is 1. The number of hydrogen-bond acceptors (Lipinski definition) is 1. The standard InChI is InChI=1S/C20H12Br2O/c21-17-10-13-6-2-1-5-12(13)9-16(17)19-18(22)11-14-7-3-4-8-15(14)20(19)23/h1-11,23H. The van der Waals surface area contributed by atoms with E-state index in [4.69, 9.17) is 0 Å². The van der Waals surface area contributed by atoms with Crippen LogP contribution in [0, 0.1) is 0 Å². The van der Waals surface area contributed by atoms with E-state index < -0.39 is 0 Å². The van der Waals surface area contributed by atoms with E-state index in [1.165, 1.54) is 5.39 Å². The maximum absolute atomic E-state index is 10.8. The number of fused-ring (bicyclic) bond motifs is 2. The molecule has 1 nitrogen and oxygen atoms in total. The average Bonchev–Trinajstić information content (AvgIpc) is 2.55. The zero-order valence-corrected chi connectivity index (χ0v) is 15.2. The summed E-state index contributed by atoms with van der Waals surface area (Å²) in [7, 11) is 0. The van der Waals surface area contributed by atoms with Gasteiger partial charge in [-0.3, -0.25) is 0 Å². The lowest BCUT2D eigenvalue weighted by Crippen LogP contribution is -1.87. The monoisotopic (exact) mass is 426 g/mol. The van der Waals surface area contributed by atoms with Crippen LogP contribution in [0.3, 0.4) is 0 Å². The number of benzene rings is 4. The molecule has 0 fully saturated rings. The third kappa shape index (κ3) is 2.44. The molecule has 4 rings (SSSR count). The molecule has 3 heteroatoms. The lowest BCUT2D eigenvalue weighted by Gasteiger charge is -2.14. The molecule has 0 aromatic heterocycles. The highest BCUT2D eigenvalue weighted by molar-refractivity contribution is 9.11. The van der Waals surface area contributed by atoms with Gasteiger partial charge in [0.15, 0.2) is 0 Å². The Labute approximate surface area is 150 Å². The lowest BCUT2D eigenvalue weighted by molar-refractivity contribution is 0.483. The SMILES string of the molecule is Oc1c(-c2cc3ccccc3cc2Br)c(Br)cc2ccccc12. The van der Waals surface area contributed by atoms with E-state index in [-0.39, 0.29) is 0 Å². The fourth-order valence-corrected chi connectivity index (χ4v) is 4.16. The quantitative estimate of drug-likeness (QED) is 0.350. The molecule has 0 radical (unpaired) electrons. The molecule has 0 aliphatic carbocycles. The van der Waals surface area contributed by atoms with Crippen LogP contribution in [-0.4, -0.2) is 5.11 Å². The summed E-state index contributed by atoms with van der Waals surface area (Å²) in [6, 6.07) is 22.3. The number of phenolic OH excluding ortho intramolecular Hbond substituents is 1. The third-order valence-electron chi connectivity index (χ3n) is 4.08. The first-order chi connectivity index (χ1) is 11.1. The lowest BCUT2D eigenvalue weighted by atomic mass is 9.97. The van der Waals surface area contributed by atoms with Crippen LogP contribution < -0.4 is 0 Å². The second kappa shape index (κ2) is 5.66. The van der Waals surface area contributed by atoms with Crippen molar-refractivity contribution < 1.29 is 5.11 Å². The van der Waals surface area contributed by atoms with Gasteiger partial charge in [-0.2, -0.15) is 0 Å². The van der Waals surface area contributed by atoms with E-state index in [1.54, 1.807) is 0 Å². The van der Waals surface area contributed by atoms with Gasteiger partial charge in [0.1, 0.15) is 5.75 Å². The van der Waals surface area contributed by atoms with Crippen molar-refractivity contribution in [3.63, 3.8) is 0 Å². The first kappa shape index (κ1) is 14.7. The molecule has 0 aliphatic rings. The first-order valence-corrected chi connectivity index (χ1v) is 8.82. The van der Waals surface area contributed by atoms with E-state index >= 15 is 0 Å². The van der Waals surface area contributed by atoms with Crippen LogP contribution in [0.5, 0.6) is 5.75 Å². The van der Waals surface area contributed by atoms with Crippen LogP contribution >= 0.6 is 31.9 Å². The van der Waals surface area contributed by atoms with Crippen molar-refractivity contribution in [2.45, 2.75) is 0 Å². The number of hydrogen-bond donors (Lipinski definition) is 1. The Morgan fingerprint density at radius 3 is 1.96 bits per heavy atom. The molecule has 0 aliphatic heterocycles. The van der Waals surface area contributed by atoms with Gasteiger partial charge in [0.25, 0.3) is 0 Å². The van der Waals surface area contributed by atoms with Gasteiger partial charge < -0.3 is 5.11 Å². The second-order valence-corrected chi connectivity index (χ2v) is 7.19. The Morgan fingerprint density at radius 1 is 0.652 bits per heavy atom. The van der Waals surface area contributed by atoms with Gasteiger partial charge in [-0.05, 0) is 50.3 Å². The predicted molar refractivity (Wildman–Crippen MR) is 104 cm³/mol. The molecule has 0 amide bonds. The van der Waals surface area contributed by atoms with Gasteiger partial charge in [0, 0.05) is 25.5 Å². The maximum atomic E-state index is 10.8. The van der Waals surface area contributed by atoms with Gasteiger partial charge in [-0.1, -0.05) is 64.5 Å². The summed E-state index contributed by atoms with van der Waals surface area (Å²) in [5.41, 5.74) is 1.78. The summed E-state index contributed by atoms with van der Waals surface area (Å²) in [6.07, 6.45) is 0. The topological polar surface area (TPSA) is 20.2 Å². The smallest absolute Gasteiger partial charge is 0.132 e. The first-order valence-electron chi connectivity index (χ1n) is 7.24. The highest BCUT2D eigenvalue weighted by atomic mass is 79.9. The van der Waals surface area contributed by atoms with Crippen LogP contribution in [-0.2, 0) is 0 Å². The largest absolute Gasteiger partial charge is 0.507 e. The Morgan fingerprint density at radius 2 is 1.22 bits per heavy atom. The minimum atomic E-state index is 0.297. The van der Waals surface area contributed by atoms with Crippen molar-refractivity contribution in [2.24, 2.45) is 0 Å². The van der Waals surface area contributed by atoms with Crippen molar-refractivity contribution in [2.75, 3.05) is 0 Å². The molecular formula is C20H12Br2O. The molecule has 1 N–H and O–H groups in total. The highest BCUT2D eigenvalue weighted by Crippen LogP contribution is 2.45. The van der Waals surface area contributed by atoms with Crippen LogP contribution in [0.25, 0.3) is 32.7 Å². The predicted octanol–water partition coefficient (Wildman–Crippen LogP) is 6.89. The van der Waals surface area contributed by atoms with E-state index in [9.17, 15) is 5.11 Å². The molecule has 4 aromatic carbocycles. The molecular weight excluding hydrogens is 416 g/mol. The van der Waals surface area contributed by atoms with Gasteiger partial charge in [-0.15, -0.1) is 0 Å². The second-order valence-electron chi connectivity index (χ2n) is 5.48. The summed E-state index contributed by atoms with van der Waals surface area (Å²) in [4.78, 5) is 0. The zero-order chi connectivity index (χ0) is 16.0. The van der Waals surface area contributed by atoms with E-state index in [0.29, 0.717) is 5.75 Å². The normalized spacial score (nSPS) is 11.2. The van der Waals surface area contributed by atoms with Gasteiger partial charge >= 0.3 is 0 Å². The molecule has 0 atom stereocenters. The molecule has 0 spiro atoms. The number of halogens is 2. The van der Waals surface area contributed by atoms with E-state index in [0.717, 1.165) is 36.2 Å². The van der Waals surface area contributed by atoms with E-state index in [1.807, 2.05) is 42.5 Å². The van der Waals surface area contributed by atoms with Crippen molar-refractivity contribution in [1.29, 1.82) is 0 Å². The van der Waals surface area contributed by atoms with Crippen LogP contribution in [0.2, 0.25) is 0 Å². The maximum Gasteiger partial charge on any atom is 0.132 e. The fraction of sp³-hybridized carbons (Fsp3) is 0. The molecule has 4 aromatic rings. The van der Waals surface area contributed by atoms with Crippen molar-refractivity contribution >= 4 is 53.4 Å². The summed E-state index contributed by atoms with van der Waals surface area (Å²) in [5.74, 6) is 0.297. The molecule has 0 saturated heterocycles. The van der Waals surface area contributed by atoms with Gasteiger partial charge in [0.05, 0.1) is 0 Å². The Bertz CT molecular complexity index is 1050. The summed E-state index contributed by atoms with van der Waals surface area (Å²) in [5, 5.41) is 15.0. The minimum Gasteiger partial charge on any atom is -0.507 e. The summed E-state index contributed by atoms with van der Waals surface area (Å²) < 4.78 is 1.84. The Balaban J connectivity index is 2.08. The highest BCUT2D eigenvalue weighted by Gasteiger charge is 2.16. The molecule has 23 heavy (non-hydrogen) atoms. The van der Waals surface area contributed by atoms with Crippen molar-refractivity contribution in [3.05, 3.63) is 75.7 Å². The van der Waals surface area contributed by atoms with Crippen molar-refractivity contribution in [1.82, 2.24) is 0 Å². The van der Waals surface area contributed by atoms with Crippen LogP contribution in [0.15, 0.2) is 75.7 Å². The molecule has 0 unspecified atom stereocenters. The summed E-state index contributed by atoms with van der Waals surface area (Å²) >= 11 is 7.28. The molecule has 0 saturated carbocycles. The van der Waals surface area contributed by atoms with Crippen LogP contribution in [0.1, 0.15) is 0 Å². The van der Waals surface area contributed by atoms with Gasteiger partial charge in [-0.25, -0.2) is 0 Å². The Kier molecular flexibility index (Phi) is 3.63. The summed E-state index contributed by atoms with van der Waals surface area (Å²) in [6.45, 7) is 0. The molecule has 112 valence electrons. The molecule has 0 bridgehead atoms. The number of phenols is 1. The third-order valence-corrected chi connectivity index (χ3v) is 5.36. The van der Waals surface area contributed by atoms with Crippen molar-refractivity contribution in [3.8, 4) is 16.9 Å². The average molecular weight is 428 g/mol. The number of aromatic hydroxyl groups is 1. The fourth-order valence-electron chi connectivity index (χ4n) is 2.96.